The van der Waals surface area contributed by atoms with Crippen molar-refractivity contribution in [3.05, 3.63) is 35.1 Å². The van der Waals surface area contributed by atoms with E-state index in [1.165, 1.54) is 6.07 Å². The number of amides is 1. The van der Waals surface area contributed by atoms with E-state index in [1.54, 1.807) is 13.0 Å². The normalized spacial score (nSPS) is 22.0. The summed E-state index contributed by atoms with van der Waals surface area (Å²) in [5.74, 6) is -0.156. The molecule has 1 aliphatic heterocycles. The van der Waals surface area contributed by atoms with Gasteiger partial charge in [0.05, 0.1) is 6.04 Å². The molecule has 1 amide bonds. The lowest BCUT2D eigenvalue weighted by Gasteiger charge is -2.24. The van der Waals surface area contributed by atoms with Crippen LogP contribution in [-0.2, 0) is 11.3 Å². The summed E-state index contributed by atoms with van der Waals surface area (Å²) >= 11 is 0. The first-order chi connectivity index (χ1) is 8.40. The van der Waals surface area contributed by atoms with Crippen LogP contribution in [0.4, 0.5) is 4.39 Å². The molecule has 18 heavy (non-hydrogen) atoms. The van der Waals surface area contributed by atoms with Crippen LogP contribution < -0.4 is 10.6 Å². The average Bonchev–Trinajstić information content (AvgIpc) is 2.56. The van der Waals surface area contributed by atoms with E-state index < -0.39 is 0 Å². The number of nitrogens with one attached hydrogen (secondary N) is 2. The minimum Gasteiger partial charge on any atom is -0.354 e. The van der Waals surface area contributed by atoms with Crippen LogP contribution in [0, 0.1) is 18.2 Å². The van der Waals surface area contributed by atoms with Gasteiger partial charge in [0.25, 0.3) is 0 Å². The first-order valence-corrected chi connectivity index (χ1v) is 6.16. The lowest BCUT2D eigenvalue weighted by molar-refractivity contribution is -0.121. The quantitative estimate of drug-likeness (QED) is 0.858. The molecule has 1 fully saturated rings. The number of carbonyl (C=O) groups excluding carboxylic acids is 1. The molecule has 1 unspecified atom stereocenters. The lowest BCUT2D eigenvalue weighted by Crippen LogP contribution is -2.43. The Hall–Kier alpha value is -1.42. The fourth-order valence-electron chi connectivity index (χ4n) is 2.28. The lowest BCUT2D eigenvalue weighted by atomic mass is 9.87. The fourth-order valence-corrected chi connectivity index (χ4v) is 2.28. The van der Waals surface area contributed by atoms with E-state index in [0.717, 1.165) is 5.56 Å². The van der Waals surface area contributed by atoms with E-state index in [4.69, 9.17) is 0 Å². The standard InChI is InChI=1S/C14H19FN2O/c1-9-6-10(4-5-11(9)15)7-16-12-13(18)17-8-14(12,2)3/h4-6,12,16H,7-8H2,1-3H3,(H,17,18). The van der Waals surface area contributed by atoms with Crippen LogP contribution in [0.15, 0.2) is 18.2 Å². The van der Waals surface area contributed by atoms with Crippen LogP contribution in [0.1, 0.15) is 25.0 Å². The first-order valence-electron chi connectivity index (χ1n) is 6.16. The van der Waals surface area contributed by atoms with Crippen LogP contribution in [0.3, 0.4) is 0 Å². The van der Waals surface area contributed by atoms with Crippen molar-refractivity contribution in [2.75, 3.05) is 6.54 Å². The van der Waals surface area contributed by atoms with Gasteiger partial charge in [0.1, 0.15) is 5.82 Å². The third-order valence-electron chi connectivity index (χ3n) is 3.49. The van der Waals surface area contributed by atoms with Gasteiger partial charge < -0.3 is 10.6 Å². The maximum Gasteiger partial charge on any atom is 0.237 e. The molecule has 1 heterocycles. The summed E-state index contributed by atoms with van der Waals surface area (Å²) in [6, 6.07) is 4.83. The van der Waals surface area contributed by atoms with Gasteiger partial charge in [-0.05, 0) is 24.1 Å². The number of hydrogen-bond acceptors (Lipinski definition) is 2. The van der Waals surface area contributed by atoms with E-state index in [0.29, 0.717) is 18.7 Å². The van der Waals surface area contributed by atoms with Gasteiger partial charge in [0.2, 0.25) is 5.91 Å². The first kappa shape index (κ1) is 13.0. The Bertz CT molecular complexity index is 471. The van der Waals surface area contributed by atoms with Crippen LogP contribution in [0.5, 0.6) is 0 Å². The van der Waals surface area contributed by atoms with Gasteiger partial charge in [0, 0.05) is 18.5 Å². The summed E-state index contributed by atoms with van der Waals surface area (Å²) in [5.41, 5.74) is 1.53. The molecule has 1 aromatic rings. The smallest absolute Gasteiger partial charge is 0.237 e. The van der Waals surface area contributed by atoms with Crippen molar-refractivity contribution in [1.29, 1.82) is 0 Å². The van der Waals surface area contributed by atoms with E-state index in [2.05, 4.69) is 24.5 Å². The zero-order chi connectivity index (χ0) is 13.3. The van der Waals surface area contributed by atoms with E-state index in [9.17, 15) is 9.18 Å². The molecule has 1 aliphatic rings. The minimum absolute atomic E-state index is 0.0406. The highest BCUT2D eigenvalue weighted by Crippen LogP contribution is 2.25. The molecule has 1 atom stereocenters. The van der Waals surface area contributed by atoms with Crippen molar-refractivity contribution in [1.82, 2.24) is 10.6 Å². The van der Waals surface area contributed by atoms with Crippen molar-refractivity contribution in [2.45, 2.75) is 33.4 Å². The second-order valence-electron chi connectivity index (χ2n) is 5.60. The predicted molar refractivity (Wildman–Crippen MR) is 68.6 cm³/mol. The van der Waals surface area contributed by atoms with E-state index in [1.807, 2.05) is 6.07 Å². The summed E-state index contributed by atoms with van der Waals surface area (Å²) < 4.78 is 13.1. The summed E-state index contributed by atoms with van der Waals surface area (Å²) in [7, 11) is 0. The maximum absolute atomic E-state index is 13.1. The molecular weight excluding hydrogens is 231 g/mol. The SMILES string of the molecule is Cc1cc(CNC2C(=O)NCC2(C)C)ccc1F. The number of carbonyl (C=O) groups is 1. The topological polar surface area (TPSA) is 41.1 Å². The summed E-state index contributed by atoms with van der Waals surface area (Å²) in [6.45, 7) is 7.11. The second-order valence-corrected chi connectivity index (χ2v) is 5.60. The maximum atomic E-state index is 13.1. The van der Waals surface area contributed by atoms with E-state index >= 15 is 0 Å². The Morgan fingerprint density at radius 2 is 2.22 bits per heavy atom. The molecule has 4 heteroatoms. The second kappa shape index (κ2) is 4.69. The molecule has 2 N–H and O–H groups in total. The highest BCUT2D eigenvalue weighted by atomic mass is 19.1. The number of benzene rings is 1. The van der Waals surface area contributed by atoms with Crippen LogP contribution in [0.25, 0.3) is 0 Å². The highest BCUT2D eigenvalue weighted by Gasteiger charge is 2.40. The van der Waals surface area contributed by atoms with Crippen molar-refractivity contribution in [3.8, 4) is 0 Å². The Morgan fingerprint density at radius 1 is 1.50 bits per heavy atom. The molecule has 0 radical (unpaired) electrons. The molecule has 3 nitrogen and oxygen atoms in total. The summed E-state index contributed by atoms with van der Waals surface area (Å²) in [5, 5.41) is 6.11. The van der Waals surface area contributed by atoms with Gasteiger partial charge in [-0.15, -0.1) is 0 Å². The predicted octanol–water partition coefficient (Wildman–Crippen LogP) is 1.75. The van der Waals surface area contributed by atoms with Crippen molar-refractivity contribution in [2.24, 2.45) is 5.41 Å². The third kappa shape index (κ3) is 2.53. The zero-order valence-corrected chi connectivity index (χ0v) is 11.0. The fraction of sp³-hybridized carbons (Fsp3) is 0.500. The number of hydrogen-bond donors (Lipinski definition) is 2. The van der Waals surface area contributed by atoms with Gasteiger partial charge >= 0.3 is 0 Å². The number of rotatable bonds is 3. The molecule has 0 aromatic heterocycles. The van der Waals surface area contributed by atoms with Crippen molar-refractivity contribution in [3.63, 3.8) is 0 Å². The summed E-state index contributed by atoms with van der Waals surface area (Å²) in [4.78, 5) is 11.7. The Kier molecular flexibility index (Phi) is 3.39. The molecule has 0 bridgehead atoms. The van der Waals surface area contributed by atoms with Crippen LogP contribution >= 0.6 is 0 Å². The van der Waals surface area contributed by atoms with Gasteiger partial charge in [0.15, 0.2) is 0 Å². The van der Waals surface area contributed by atoms with Gasteiger partial charge in [-0.1, -0.05) is 26.0 Å². The van der Waals surface area contributed by atoms with E-state index in [-0.39, 0.29) is 23.2 Å². The molecule has 98 valence electrons. The minimum atomic E-state index is -0.197. The molecule has 0 aliphatic carbocycles. The highest BCUT2D eigenvalue weighted by molar-refractivity contribution is 5.85. The van der Waals surface area contributed by atoms with Crippen LogP contribution in [0.2, 0.25) is 0 Å². The van der Waals surface area contributed by atoms with Gasteiger partial charge in [-0.2, -0.15) is 0 Å². The molecule has 1 aromatic carbocycles. The Labute approximate surface area is 107 Å². The average molecular weight is 250 g/mol. The number of halogens is 1. The molecule has 0 saturated carbocycles. The molecular formula is C14H19FN2O. The molecule has 1 saturated heterocycles. The van der Waals surface area contributed by atoms with Crippen molar-refractivity contribution >= 4 is 5.91 Å². The third-order valence-corrected chi connectivity index (χ3v) is 3.49. The molecule has 0 spiro atoms. The largest absolute Gasteiger partial charge is 0.354 e. The van der Waals surface area contributed by atoms with Gasteiger partial charge in [-0.25, -0.2) is 4.39 Å². The zero-order valence-electron chi connectivity index (χ0n) is 11.0. The molecule has 2 rings (SSSR count). The monoisotopic (exact) mass is 250 g/mol. The Balaban J connectivity index is 2.03. The number of aryl methyl sites for hydroxylation is 1. The Morgan fingerprint density at radius 3 is 2.78 bits per heavy atom. The van der Waals surface area contributed by atoms with Gasteiger partial charge in [-0.3, -0.25) is 4.79 Å². The van der Waals surface area contributed by atoms with Crippen molar-refractivity contribution < 1.29 is 9.18 Å². The van der Waals surface area contributed by atoms with Crippen LogP contribution in [-0.4, -0.2) is 18.5 Å². The summed E-state index contributed by atoms with van der Waals surface area (Å²) in [6.07, 6.45) is 0.